The number of ether oxygens (including phenoxy) is 3. The van der Waals surface area contributed by atoms with Crippen molar-refractivity contribution in [3.63, 3.8) is 0 Å². The van der Waals surface area contributed by atoms with Gasteiger partial charge in [-0.1, -0.05) is 0 Å². The van der Waals surface area contributed by atoms with Gasteiger partial charge in [-0.3, -0.25) is 9.69 Å². The minimum Gasteiger partial charge on any atom is -0.497 e. The molecule has 2 heterocycles. The Kier molecular flexibility index (Phi) is 4.99. The van der Waals surface area contributed by atoms with Gasteiger partial charge < -0.3 is 24.4 Å². The molecule has 0 saturated carbocycles. The Morgan fingerprint density at radius 1 is 0.933 bits per heavy atom. The predicted octanol–water partition coefficient (Wildman–Crippen LogP) is 2.71. The summed E-state index contributed by atoms with van der Waals surface area (Å²) in [6.45, 7) is 0.299. The first-order valence-corrected chi connectivity index (χ1v) is 9.43. The number of nitrogens with zero attached hydrogens (tertiary/aromatic N) is 2. The molecule has 8 heteroatoms. The van der Waals surface area contributed by atoms with Gasteiger partial charge in [0.25, 0.3) is 5.91 Å². The third-order valence-electron chi connectivity index (χ3n) is 5.49. The lowest BCUT2D eigenvalue weighted by molar-refractivity contribution is -0.114. The second-order valence-corrected chi connectivity index (χ2v) is 7.00. The van der Waals surface area contributed by atoms with Crippen molar-refractivity contribution in [1.82, 2.24) is 10.2 Å². The van der Waals surface area contributed by atoms with Gasteiger partial charge in [0.1, 0.15) is 17.2 Å². The summed E-state index contributed by atoms with van der Waals surface area (Å²) in [5.41, 5.74) is 2.57. The van der Waals surface area contributed by atoms with E-state index >= 15 is 0 Å². The van der Waals surface area contributed by atoms with Gasteiger partial charge in [-0.25, -0.2) is 4.79 Å². The fourth-order valence-corrected chi connectivity index (χ4v) is 3.84. The lowest BCUT2D eigenvalue weighted by Gasteiger charge is -2.31. The third kappa shape index (κ3) is 3.10. The Hall–Kier alpha value is -3.68. The zero-order chi connectivity index (χ0) is 21.4. The van der Waals surface area contributed by atoms with Gasteiger partial charge in [-0.15, -0.1) is 0 Å². The van der Waals surface area contributed by atoms with Crippen molar-refractivity contribution in [2.24, 2.45) is 0 Å². The number of methoxy groups -OCH3 is 3. The summed E-state index contributed by atoms with van der Waals surface area (Å²) in [6, 6.07) is 11.6. The number of anilines is 1. The minimum atomic E-state index is -0.649. The standard InChI is InChI=1S/C22H23N3O5/c1-24-17-12-25(13-5-7-14(28-2)8-6-13)21(26)19(17)20(23-22(24)27)16-11-15(29-3)9-10-18(16)30-4/h5-11,20H,12H2,1-4H3,(H,23,27). The van der Waals surface area contributed by atoms with Crippen molar-refractivity contribution >= 4 is 17.6 Å². The zero-order valence-electron chi connectivity index (χ0n) is 17.3. The fraction of sp³-hybridized carbons (Fsp3) is 0.273. The van der Waals surface area contributed by atoms with E-state index in [1.807, 2.05) is 12.1 Å². The van der Waals surface area contributed by atoms with E-state index in [9.17, 15) is 9.59 Å². The number of nitrogens with one attached hydrogen (secondary N) is 1. The molecule has 0 spiro atoms. The molecule has 0 saturated heterocycles. The molecule has 0 fully saturated rings. The first kappa shape index (κ1) is 19.6. The van der Waals surface area contributed by atoms with Crippen LogP contribution in [0.25, 0.3) is 0 Å². The summed E-state index contributed by atoms with van der Waals surface area (Å²) in [5.74, 6) is 1.71. The molecule has 1 atom stereocenters. The third-order valence-corrected chi connectivity index (χ3v) is 5.49. The monoisotopic (exact) mass is 409 g/mol. The van der Waals surface area contributed by atoms with Crippen LogP contribution in [0.5, 0.6) is 17.2 Å². The molecule has 8 nitrogen and oxygen atoms in total. The van der Waals surface area contributed by atoms with E-state index in [0.29, 0.717) is 40.6 Å². The second kappa shape index (κ2) is 7.62. The summed E-state index contributed by atoms with van der Waals surface area (Å²) in [5, 5.41) is 2.93. The number of rotatable bonds is 5. The molecule has 1 N–H and O–H groups in total. The predicted molar refractivity (Wildman–Crippen MR) is 111 cm³/mol. The zero-order valence-corrected chi connectivity index (χ0v) is 17.3. The Morgan fingerprint density at radius 3 is 2.23 bits per heavy atom. The van der Waals surface area contributed by atoms with Crippen LogP contribution in [0.1, 0.15) is 11.6 Å². The van der Waals surface area contributed by atoms with Crippen molar-refractivity contribution in [3.05, 3.63) is 59.3 Å². The van der Waals surface area contributed by atoms with E-state index in [1.54, 1.807) is 63.6 Å². The molecule has 3 amide bonds. The highest BCUT2D eigenvalue weighted by atomic mass is 16.5. The Bertz CT molecular complexity index is 1030. The van der Waals surface area contributed by atoms with Crippen LogP contribution in [-0.2, 0) is 4.79 Å². The van der Waals surface area contributed by atoms with Crippen molar-refractivity contribution in [3.8, 4) is 17.2 Å². The molecule has 1 unspecified atom stereocenters. The largest absolute Gasteiger partial charge is 0.497 e. The number of hydrogen-bond donors (Lipinski definition) is 1. The van der Waals surface area contributed by atoms with E-state index in [4.69, 9.17) is 14.2 Å². The van der Waals surface area contributed by atoms with E-state index in [1.165, 1.54) is 4.90 Å². The van der Waals surface area contributed by atoms with Crippen LogP contribution in [0.15, 0.2) is 53.7 Å². The molecule has 0 aromatic heterocycles. The van der Waals surface area contributed by atoms with Gasteiger partial charge in [0.05, 0.1) is 45.2 Å². The van der Waals surface area contributed by atoms with Crippen LogP contribution in [0.3, 0.4) is 0 Å². The number of carbonyl (C=O) groups is 2. The number of urea groups is 1. The normalized spacial score (nSPS) is 18.3. The van der Waals surface area contributed by atoms with Crippen molar-refractivity contribution in [2.75, 3.05) is 39.8 Å². The first-order chi connectivity index (χ1) is 14.5. The maximum atomic E-state index is 13.5. The van der Waals surface area contributed by atoms with Crippen molar-refractivity contribution in [2.45, 2.75) is 6.04 Å². The second-order valence-electron chi connectivity index (χ2n) is 7.00. The molecule has 156 valence electrons. The van der Waals surface area contributed by atoms with Gasteiger partial charge in [0.2, 0.25) is 0 Å². The van der Waals surface area contributed by atoms with Crippen LogP contribution in [0.4, 0.5) is 10.5 Å². The Morgan fingerprint density at radius 2 is 1.60 bits per heavy atom. The molecule has 30 heavy (non-hydrogen) atoms. The van der Waals surface area contributed by atoms with E-state index in [2.05, 4.69) is 5.32 Å². The van der Waals surface area contributed by atoms with E-state index in [0.717, 1.165) is 5.69 Å². The van der Waals surface area contributed by atoms with Gasteiger partial charge >= 0.3 is 6.03 Å². The average Bonchev–Trinajstić information content (AvgIpc) is 3.13. The average molecular weight is 409 g/mol. The van der Waals surface area contributed by atoms with Crippen molar-refractivity contribution < 1.29 is 23.8 Å². The Balaban J connectivity index is 1.77. The SMILES string of the molecule is COc1ccc(N2CC3=C(C2=O)C(c2cc(OC)ccc2OC)NC(=O)N3C)cc1. The van der Waals surface area contributed by atoms with E-state index in [-0.39, 0.29) is 11.9 Å². The van der Waals surface area contributed by atoms with Gasteiger partial charge in [-0.2, -0.15) is 0 Å². The molecule has 4 rings (SSSR count). The summed E-state index contributed by atoms with van der Waals surface area (Å²) < 4.78 is 16.0. The number of carbonyl (C=O) groups excluding carboxylic acids is 2. The molecule has 0 radical (unpaired) electrons. The van der Waals surface area contributed by atoms with Gasteiger partial charge in [0.15, 0.2) is 0 Å². The van der Waals surface area contributed by atoms with Crippen LogP contribution in [0.2, 0.25) is 0 Å². The highest BCUT2D eigenvalue weighted by Gasteiger charge is 2.44. The highest BCUT2D eigenvalue weighted by Crippen LogP contribution is 2.41. The summed E-state index contributed by atoms with van der Waals surface area (Å²) in [4.78, 5) is 29.3. The molecular weight excluding hydrogens is 386 g/mol. The lowest BCUT2D eigenvalue weighted by Crippen LogP contribution is -2.45. The number of amides is 3. The summed E-state index contributed by atoms with van der Waals surface area (Å²) in [6.07, 6.45) is 0. The number of likely N-dealkylation sites (N-methyl/N-ethyl adjacent to an activating group) is 1. The quantitative estimate of drug-likeness (QED) is 0.821. The minimum absolute atomic E-state index is 0.170. The van der Waals surface area contributed by atoms with Crippen molar-refractivity contribution in [1.29, 1.82) is 0 Å². The molecule has 2 aliphatic heterocycles. The van der Waals surface area contributed by atoms with E-state index < -0.39 is 6.04 Å². The molecule has 2 aromatic carbocycles. The smallest absolute Gasteiger partial charge is 0.322 e. The molecule has 2 aliphatic rings. The van der Waals surface area contributed by atoms with Crippen LogP contribution in [-0.4, -0.2) is 51.8 Å². The molecule has 2 aromatic rings. The maximum absolute atomic E-state index is 13.5. The maximum Gasteiger partial charge on any atom is 0.322 e. The molecule has 0 aliphatic carbocycles. The lowest BCUT2D eigenvalue weighted by atomic mass is 9.94. The van der Waals surface area contributed by atoms with Crippen LogP contribution in [0, 0.1) is 0 Å². The van der Waals surface area contributed by atoms with Crippen LogP contribution >= 0.6 is 0 Å². The number of hydrogen-bond acceptors (Lipinski definition) is 5. The van der Waals surface area contributed by atoms with Crippen LogP contribution < -0.4 is 24.4 Å². The summed E-state index contributed by atoms with van der Waals surface area (Å²) >= 11 is 0. The van der Waals surface area contributed by atoms with Gasteiger partial charge in [-0.05, 0) is 42.5 Å². The number of benzene rings is 2. The molecule has 0 bridgehead atoms. The Labute approximate surface area is 174 Å². The fourth-order valence-electron chi connectivity index (χ4n) is 3.84. The summed E-state index contributed by atoms with van der Waals surface area (Å²) in [7, 11) is 6.37. The molecular formula is C22H23N3O5. The highest BCUT2D eigenvalue weighted by molar-refractivity contribution is 6.11. The van der Waals surface area contributed by atoms with Gasteiger partial charge in [0, 0.05) is 18.3 Å². The first-order valence-electron chi connectivity index (χ1n) is 9.43. The topological polar surface area (TPSA) is 80.3 Å².